The van der Waals surface area contributed by atoms with E-state index in [0.717, 1.165) is 25.3 Å². The van der Waals surface area contributed by atoms with Gasteiger partial charge in [0.25, 0.3) is 0 Å². The molecule has 3 N–H and O–H groups in total. The summed E-state index contributed by atoms with van der Waals surface area (Å²) in [7, 11) is 0. The number of amides is 1. The molecule has 23 heavy (non-hydrogen) atoms. The number of rotatable bonds is 7. The number of hydrogen-bond donors (Lipinski definition) is 2. The van der Waals surface area contributed by atoms with Crippen LogP contribution >= 0.6 is 12.4 Å². The van der Waals surface area contributed by atoms with Crippen LogP contribution < -0.4 is 11.1 Å². The number of furan rings is 1. The van der Waals surface area contributed by atoms with Gasteiger partial charge in [-0.15, -0.1) is 12.4 Å². The normalized spacial score (nSPS) is 19.4. The van der Waals surface area contributed by atoms with Gasteiger partial charge in [-0.25, -0.2) is 0 Å². The van der Waals surface area contributed by atoms with E-state index in [-0.39, 0.29) is 30.3 Å². The van der Waals surface area contributed by atoms with Gasteiger partial charge in [0.05, 0.1) is 18.3 Å². The quantitative estimate of drug-likeness (QED) is 0.798. The van der Waals surface area contributed by atoms with Crippen molar-refractivity contribution in [2.45, 2.75) is 51.6 Å². The van der Waals surface area contributed by atoms with Gasteiger partial charge in [0, 0.05) is 6.54 Å². The second-order valence-corrected chi connectivity index (χ2v) is 6.28. The monoisotopic (exact) mass is 343 g/mol. The number of piperidine rings is 1. The largest absolute Gasteiger partial charge is 0.468 e. The van der Waals surface area contributed by atoms with E-state index in [4.69, 9.17) is 10.2 Å². The molecule has 5 nitrogen and oxygen atoms in total. The molecule has 1 aliphatic rings. The number of likely N-dealkylation sites (tertiary alicyclic amines) is 1. The predicted molar refractivity (Wildman–Crippen MR) is 94.6 cm³/mol. The zero-order chi connectivity index (χ0) is 15.9. The van der Waals surface area contributed by atoms with E-state index in [1.165, 1.54) is 19.3 Å². The molecule has 0 saturated carbocycles. The van der Waals surface area contributed by atoms with E-state index in [9.17, 15) is 4.79 Å². The van der Waals surface area contributed by atoms with Crippen LogP contribution in [0.3, 0.4) is 0 Å². The molecule has 0 bridgehead atoms. The molecule has 132 valence electrons. The van der Waals surface area contributed by atoms with Gasteiger partial charge in [0.15, 0.2) is 0 Å². The summed E-state index contributed by atoms with van der Waals surface area (Å²) in [6.07, 6.45) is 6.29. The van der Waals surface area contributed by atoms with Crippen LogP contribution in [0.2, 0.25) is 0 Å². The standard InChI is InChI=1S/C17H29N3O2.ClH/c1-3-13(2)16(18)17(21)19-12-14(15-8-7-11-22-15)20-9-5-4-6-10-20;/h7-8,11,13-14,16H,3-6,9-10,12,18H2,1-2H3,(H,19,21);1H. The highest BCUT2D eigenvalue weighted by molar-refractivity contribution is 5.85. The first kappa shape index (κ1) is 20.0. The van der Waals surface area contributed by atoms with Crippen LogP contribution in [0, 0.1) is 5.92 Å². The zero-order valence-corrected chi connectivity index (χ0v) is 15.0. The SMILES string of the molecule is CCC(C)C(N)C(=O)NCC(c1ccco1)N1CCCCC1.Cl. The topological polar surface area (TPSA) is 71.5 Å². The molecule has 0 spiro atoms. The summed E-state index contributed by atoms with van der Waals surface area (Å²) in [6.45, 7) is 6.73. The van der Waals surface area contributed by atoms with Crippen molar-refractivity contribution in [3.63, 3.8) is 0 Å². The highest BCUT2D eigenvalue weighted by Crippen LogP contribution is 2.24. The Labute approximate surface area is 145 Å². The Morgan fingerprint density at radius 3 is 2.65 bits per heavy atom. The molecule has 1 aliphatic heterocycles. The first-order valence-electron chi connectivity index (χ1n) is 8.44. The third-order valence-electron chi connectivity index (χ3n) is 4.73. The smallest absolute Gasteiger partial charge is 0.237 e. The van der Waals surface area contributed by atoms with Crippen LogP contribution in [0.4, 0.5) is 0 Å². The molecule has 2 rings (SSSR count). The van der Waals surface area contributed by atoms with Crippen molar-refractivity contribution in [1.29, 1.82) is 0 Å². The Kier molecular flexibility index (Phi) is 8.66. The Bertz CT molecular complexity index is 447. The summed E-state index contributed by atoms with van der Waals surface area (Å²) in [4.78, 5) is 14.6. The average molecular weight is 344 g/mol. The van der Waals surface area contributed by atoms with Gasteiger partial charge in [0.2, 0.25) is 5.91 Å². The molecule has 6 heteroatoms. The molecule has 0 aromatic carbocycles. The molecule has 0 aliphatic carbocycles. The minimum absolute atomic E-state index is 0. The first-order chi connectivity index (χ1) is 10.6. The van der Waals surface area contributed by atoms with Gasteiger partial charge in [-0.1, -0.05) is 26.7 Å². The highest BCUT2D eigenvalue weighted by atomic mass is 35.5. The Morgan fingerprint density at radius 1 is 1.39 bits per heavy atom. The van der Waals surface area contributed by atoms with Gasteiger partial charge in [-0.05, 0) is 44.0 Å². The van der Waals surface area contributed by atoms with Crippen molar-refractivity contribution in [1.82, 2.24) is 10.2 Å². The van der Waals surface area contributed by atoms with Crippen LogP contribution in [0.1, 0.15) is 51.3 Å². The lowest BCUT2D eigenvalue weighted by Crippen LogP contribution is -2.48. The summed E-state index contributed by atoms with van der Waals surface area (Å²) < 4.78 is 5.59. The minimum Gasteiger partial charge on any atom is -0.468 e. The lowest BCUT2D eigenvalue weighted by molar-refractivity contribution is -0.123. The number of carbonyl (C=O) groups excluding carboxylic acids is 1. The lowest BCUT2D eigenvalue weighted by atomic mass is 9.99. The Balaban J connectivity index is 0.00000264. The molecule has 2 heterocycles. The average Bonchev–Trinajstić information content (AvgIpc) is 3.08. The molecular formula is C17H30ClN3O2. The molecule has 1 aromatic rings. The fraction of sp³-hybridized carbons (Fsp3) is 0.706. The number of halogens is 1. The van der Waals surface area contributed by atoms with E-state index in [0.29, 0.717) is 6.54 Å². The zero-order valence-electron chi connectivity index (χ0n) is 14.2. The maximum absolute atomic E-state index is 12.2. The van der Waals surface area contributed by atoms with Gasteiger partial charge < -0.3 is 15.5 Å². The first-order valence-corrected chi connectivity index (χ1v) is 8.44. The summed E-state index contributed by atoms with van der Waals surface area (Å²) in [6, 6.07) is 3.55. The molecule has 1 saturated heterocycles. The number of hydrogen-bond acceptors (Lipinski definition) is 4. The third-order valence-corrected chi connectivity index (χ3v) is 4.73. The molecule has 3 atom stereocenters. The van der Waals surface area contributed by atoms with Crippen molar-refractivity contribution in [2.75, 3.05) is 19.6 Å². The maximum atomic E-state index is 12.2. The van der Waals surface area contributed by atoms with Crippen LogP contribution in [0.5, 0.6) is 0 Å². The van der Waals surface area contributed by atoms with Gasteiger partial charge >= 0.3 is 0 Å². The van der Waals surface area contributed by atoms with Crippen LogP contribution in [0.15, 0.2) is 22.8 Å². The summed E-state index contributed by atoms with van der Waals surface area (Å²) in [5.74, 6) is 1.04. The van der Waals surface area contributed by atoms with Crippen molar-refractivity contribution >= 4 is 18.3 Å². The number of carbonyl (C=O) groups is 1. The van der Waals surface area contributed by atoms with Gasteiger partial charge in [0.1, 0.15) is 5.76 Å². The number of nitrogens with zero attached hydrogens (tertiary/aromatic N) is 1. The van der Waals surface area contributed by atoms with E-state index in [2.05, 4.69) is 17.1 Å². The molecule has 3 unspecified atom stereocenters. The van der Waals surface area contributed by atoms with E-state index in [1.807, 2.05) is 19.1 Å². The molecule has 1 amide bonds. The van der Waals surface area contributed by atoms with Gasteiger partial charge in [-0.2, -0.15) is 0 Å². The highest BCUT2D eigenvalue weighted by Gasteiger charge is 2.26. The van der Waals surface area contributed by atoms with E-state index < -0.39 is 6.04 Å². The second-order valence-electron chi connectivity index (χ2n) is 6.28. The predicted octanol–water partition coefficient (Wildman–Crippen LogP) is 2.72. The van der Waals surface area contributed by atoms with Crippen LogP contribution in [-0.4, -0.2) is 36.5 Å². The fourth-order valence-electron chi connectivity index (χ4n) is 2.95. The van der Waals surface area contributed by atoms with Crippen LogP contribution in [-0.2, 0) is 4.79 Å². The molecule has 1 fully saturated rings. The molecule has 1 aromatic heterocycles. The lowest BCUT2D eigenvalue weighted by Gasteiger charge is -2.33. The van der Waals surface area contributed by atoms with E-state index >= 15 is 0 Å². The van der Waals surface area contributed by atoms with Gasteiger partial charge in [-0.3, -0.25) is 9.69 Å². The maximum Gasteiger partial charge on any atom is 0.237 e. The summed E-state index contributed by atoms with van der Waals surface area (Å²) in [5, 5.41) is 3.02. The van der Waals surface area contributed by atoms with E-state index in [1.54, 1.807) is 6.26 Å². The van der Waals surface area contributed by atoms with Crippen molar-refractivity contribution in [3.05, 3.63) is 24.2 Å². The van der Waals surface area contributed by atoms with Crippen LogP contribution in [0.25, 0.3) is 0 Å². The van der Waals surface area contributed by atoms with Crippen molar-refractivity contribution in [3.8, 4) is 0 Å². The number of nitrogens with two attached hydrogens (primary N) is 1. The summed E-state index contributed by atoms with van der Waals surface area (Å²) >= 11 is 0. The summed E-state index contributed by atoms with van der Waals surface area (Å²) in [5.41, 5.74) is 6.01. The Hall–Kier alpha value is -1.04. The minimum atomic E-state index is -0.441. The molecule has 0 radical (unpaired) electrons. The third kappa shape index (κ3) is 5.52. The van der Waals surface area contributed by atoms with Crippen molar-refractivity contribution < 1.29 is 9.21 Å². The molecular weight excluding hydrogens is 314 g/mol. The fourth-order valence-corrected chi connectivity index (χ4v) is 2.95. The number of nitrogens with one attached hydrogen (secondary N) is 1. The second kappa shape index (κ2) is 9.96. The Morgan fingerprint density at radius 2 is 2.09 bits per heavy atom. The van der Waals surface area contributed by atoms with Crippen molar-refractivity contribution in [2.24, 2.45) is 11.7 Å².